The molecule has 0 aromatic heterocycles. The lowest BCUT2D eigenvalue weighted by Gasteiger charge is -2.25. The highest BCUT2D eigenvalue weighted by Crippen LogP contribution is 2.34. The lowest BCUT2D eigenvalue weighted by atomic mass is 10.1. The van der Waals surface area contributed by atoms with Crippen LogP contribution in [0.25, 0.3) is 0 Å². The highest BCUT2D eigenvalue weighted by molar-refractivity contribution is 6.00. The van der Waals surface area contributed by atoms with Crippen molar-refractivity contribution in [2.24, 2.45) is 0 Å². The maximum atomic E-state index is 11.4. The number of nitrogens with one attached hydrogen (secondary N) is 1. The molecule has 0 radical (unpaired) electrons. The molecule has 18 heavy (non-hydrogen) atoms. The molecule has 0 bridgehead atoms. The first-order chi connectivity index (χ1) is 8.74. The predicted octanol–water partition coefficient (Wildman–Crippen LogP) is 2.14. The Morgan fingerprint density at radius 3 is 2.56 bits per heavy atom. The fraction of sp³-hybridized carbons (Fsp3) is 0.500. The third kappa shape index (κ3) is 2.03. The van der Waals surface area contributed by atoms with Gasteiger partial charge in [0.2, 0.25) is 5.91 Å². The number of benzene rings is 1. The van der Waals surface area contributed by atoms with Crippen LogP contribution >= 0.6 is 0 Å². The topological polar surface area (TPSA) is 58.4 Å². The molecular weight excluding hydrogens is 226 g/mol. The van der Waals surface area contributed by atoms with Crippen molar-refractivity contribution in [2.75, 3.05) is 29.0 Å². The standard InChI is InChI=1S/C14H19N3O/c15-11-7-10-8-14(18)16-12(10)9-13(11)17-5-3-1-2-4-6-17/h7,9H,1-6,8,15H2,(H,16,18). The molecule has 2 aliphatic heterocycles. The number of nitrogens with two attached hydrogens (primary N) is 1. The molecule has 0 aliphatic carbocycles. The minimum Gasteiger partial charge on any atom is -0.397 e. The van der Waals surface area contributed by atoms with Crippen LogP contribution in [0.5, 0.6) is 0 Å². The van der Waals surface area contributed by atoms with Gasteiger partial charge in [-0.05, 0) is 30.5 Å². The molecule has 4 heteroatoms. The van der Waals surface area contributed by atoms with Crippen molar-refractivity contribution in [3.05, 3.63) is 17.7 Å². The van der Waals surface area contributed by atoms with Gasteiger partial charge in [-0.2, -0.15) is 0 Å². The van der Waals surface area contributed by atoms with Crippen LogP contribution in [0.15, 0.2) is 12.1 Å². The molecule has 0 spiro atoms. The second-order valence-corrected chi connectivity index (χ2v) is 5.19. The molecule has 1 amide bonds. The third-order valence-electron chi connectivity index (χ3n) is 3.82. The van der Waals surface area contributed by atoms with Crippen LogP contribution in [-0.4, -0.2) is 19.0 Å². The van der Waals surface area contributed by atoms with E-state index >= 15 is 0 Å². The average Bonchev–Trinajstić information content (AvgIpc) is 2.55. The summed E-state index contributed by atoms with van der Waals surface area (Å²) in [4.78, 5) is 13.7. The van der Waals surface area contributed by atoms with Crippen LogP contribution in [0.4, 0.5) is 17.1 Å². The molecule has 1 aromatic carbocycles. The summed E-state index contributed by atoms with van der Waals surface area (Å²) in [7, 11) is 0. The van der Waals surface area contributed by atoms with Crippen molar-refractivity contribution in [2.45, 2.75) is 32.1 Å². The third-order valence-corrected chi connectivity index (χ3v) is 3.82. The zero-order valence-electron chi connectivity index (χ0n) is 10.5. The smallest absolute Gasteiger partial charge is 0.228 e. The van der Waals surface area contributed by atoms with Crippen LogP contribution in [0.3, 0.4) is 0 Å². The van der Waals surface area contributed by atoms with E-state index < -0.39 is 0 Å². The van der Waals surface area contributed by atoms with E-state index in [2.05, 4.69) is 10.2 Å². The van der Waals surface area contributed by atoms with Crippen molar-refractivity contribution in [3.63, 3.8) is 0 Å². The Morgan fingerprint density at radius 1 is 1.11 bits per heavy atom. The minimum atomic E-state index is 0.0671. The Balaban J connectivity index is 1.92. The highest BCUT2D eigenvalue weighted by Gasteiger charge is 2.21. The largest absolute Gasteiger partial charge is 0.397 e. The van der Waals surface area contributed by atoms with Crippen LogP contribution in [-0.2, 0) is 11.2 Å². The predicted molar refractivity (Wildman–Crippen MR) is 73.9 cm³/mol. The lowest BCUT2D eigenvalue weighted by molar-refractivity contribution is -0.115. The van der Waals surface area contributed by atoms with Crippen molar-refractivity contribution >= 4 is 23.0 Å². The maximum absolute atomic E-state index is 11.4. The van der Waals surface area contributed by atoms with E-state index in [9.17, 15) is 4.79 Å². The van der Waals surface area contributed by atoms with Gasteiger partial charge < -0.3 is 16.0 Å². The number of anilines is 3. The van der Waals surface area contributed by atoms with Crippen LogP contribution < -0.4 is 16.0 Å². The Morgan fingerprint density at radius 2 is 1.83 bits per heavy atom. The molecular formula is C14H19N3O. The summed E-state index contributed by atoms with van der Waals surface area (Å²) in [5, 5.41) is 2.90. The van der Waals surface area contributed by atoms with E-state index in [0.29, 0.717) is 6.42 Å². The van der Waals surface area contributed by atoms with E-state index in [1.807, 2.05) is 12.1 Å². The zero-order valence-corrected chi connectivity index (χ0v) is 10.5. The first-order valence-electron chi connectivity index (χ1n) is 6.71. The van der Waals surface area contributed by atoms with Gasteiger partial charge >= 0.3 is 0 Å². The molecule has 4 nitrogen and oxygen atoms in total. The number of fused-ring (bicyclic) bond motifs is 1. The molecule has 96 valence electrons. The summed E-state index contributed by atoms with van der Waals surface area (Å²) in [6, 6.07) is 3.99. The number of nitrogens with zero attached hydrogens (tertiary/aromatic N) is 1. The van der Waals surface area contributed by atoms with Crippen molar-refractivity contribution in [1.82, 2.24) is 0 Å². The summed E-state index contributed by atoms with van der Waals surface area (Å²) in [5.41, 5.74) is 9.98. The van der Waals surface area contributed by atoms with Gasteiger partial charge in [0, 0.05) is 18.8 Å². The maximum Gasteiger partial charge on any atom is 0.228 e. The highest BCUT2D eigenvalue weighted by atomic mass is 16.1. The summed E-state index contributed by atoms with van der Waals surface area (Å²) in [6.45, 7) is 2.13. The molecule has 0 atom stereocenters. The number of amides is 1. The van der Waals surface area contributed by atoms with Crippen LogP contribution in [0, 0.1) is 0 Å². The van der Waals surface area contributed by atoms with E-state index in [0.717, 1.165) is 35.7 Å². The summed E-state index contributed by atoms with van der Waals surface area (Å²) < 4.78 is 0. The van der Waals surface area contributed by atoms with E-state index in [1.54, 1.807) is 0 Å². The van der Waals surface area contributed by atoms with Crippen molar-refractivity contribution in [1.29, 1.82) is 0 Å². The van der Waals surface area contributed by atoms with Gasteiger partial charge in [-0.1, -0.05) is 12.8 Å². The Labute approximate surface area is 107 Å². The van der Waals surface area contributed by atoms with Crippen molar-refractivity contribution in [3.8, 4) is 0 Å². The second kappa shape index (κ2) is 4.52. The molecule has 0 unspecified atom stereocenters. The summed E-state index contributed by atoms with van der Waals surface area (Å²) >= 11 is 0. The van der Waals surface area contributed by atoms with E-state index in [-0.39, 0.29) is 5.91 Å². The lowest BCUT2D eigenvalue weighted by Crippen LogP contribution is -2.24. The van der Waals surface area contributed by atoms with Crippen molar-refractivity contribution < 1.29 is 4.79 Å². The Hall–Kier alpha value is -1.71. The Bertz CT molecular complexity index is 476. The first kappa shape index (κ1) is 11.4. The quantitative estimate of drug-likeness (QED) is 0.745. The van der Waals surface area contributed by atoms with E-state index in [4.69, 9.17) is 5.73 Å². The fourth-order valence-corrected chi connectivity index (χ4v) is 2.87. The minimum absolute atomic E-state index is 0.0671. The zero-order chi connectivity index (χ0) is 12.5. The van der Waals surface area contributed by atoms with Gasteiger partial charge in [0.05, 0.1) is 17.8 Å². The SMILES string of the molecule is Nc1cc2c(cc1N1CCCCCC1)NC(=O)C2. The second-order valence-electron chi connectivity index (χ2n) is 5.19. The van der Waals surface area contributed by atoms with Crippen LogP contribution in [0.2, 0.25) is 0 Å². The molecule has 0 saturated carbocycles. The van der Waals surface area contributed by atoms with Crippen LogP contribution in [0.1, 0.15) is 31.2 Å². The average molecular weight is 245 g/mol. The number of hydrogen-bond acceptors (Lipinski definition) is 3. The van der Waals surface area contributed by atoms with Gasteiger partial charge in [-0.25, -0.2) is 0 Å². The number of carbonyl (C=O) groups is 1. The molecule has 3 N–H and O–H groups in total. The molecule has 2 aliphatic rings. The monoisotopic (exact) mass is 245 g/mol. The van der Waals surface area contributed by atoms with E-state index in [1.165, 1.54) is 25.7 Å². The number of hydrogen-bond donors (Lipinski definition) is 2. The fourth-order valence-electron chi connectivity index (χ4n) is 2.87. The Kier molecular flexibility index (Phi) is 2.86. The van der Waals surface area contributed by atoms with Gasteiger partial charge in [-0.3, -0.25) is 4.79 Å². The van der Waals surface area contributed by atoms with Gasteiger partial charge in [0.25, 0.3) is 0 Å². The molecule has 2 heterocycles. The number of carbonyl (C=O) groups excluding carboxylic acids is 1. The van der Waals surface area contributed by atoms with Gasteiger partial charge in [-0.15, -0.1) is 0 Å². The first-order valence-corrected chi connectivity index (χ1v) is 6.71. The molecule has 1 aromatic rings. The molecule has 1 saturated heterocycles. The normalized spacial score (nSPS) is 19.3. The number of nitrogen functional groups attached to an aromatic ring is 1. The summed E-state index contributed by atoms with van der Waals surface area (Å²) in [6.07, 6.45) is 5.52. The van der Waals surface area contributed by atoms with Gasteiger partial charge in [0.1, 0.15) is 0 Å². The molecule has 1 fully saturated rings. The number of rotatable bonds is 1. The summed E-state index contributed by atoms with van der Waals surface area (Å²) in [5.74, 6) is 0.0671. The van der Waals surface area contributed by atoms with Gasteiger partial charge in [0.15, 0.2) is 0 Å². The molecule has 3 rings (SSSR count).